The van der Waals surface area contributed by atoms with Crippen molar-refractivity contribution >= 4 is 5.91 Å². The number of aromatic amines is 1. The molecule has 0 spiro atoms. The number of aromatic nitrogens is 3. The number of H-pyrrole nitrogens is 1. The molecule has 0 bridgehead atoms. The number of nitrogens with zero attached hydrogens (tertiary/aromatic N) is 3. The van der Waals surface area contributed by atoms with Gasteiger partial charge in [-0.2, -0.15) is 5.10 Å². The zero-order valence-corrected chi connectivity index (χ0v) is 18.3. The fourth-order valence-corrected chi connectivity index (χ4v) is 4.14. The lowest BCUT2D eigenvalue weighted by Gasteiger charge is -2.33. The van der Waals surface area contributed by atoms with Crippen molar-refractivity contribution in [2.45, 2.75) is 57.9 Å². The predicted molar refractivity (Wildman–Crippen MR) is 117 cm³/mol. The number of hydrogen-bond donors (Lipinski definition) is 1. The smallest absolute Gasteiger partial charge is 0.275 e. The molecule has 1 N–H and O–H groups in total. The summed E-state index contributed by atoms with van der Waals surface area (Å²) >= 11 is 0. The van der Waals surface area contributed by atoms with Crippen LogP contribution in [-0.2, 0) is 12.8 Å². The van der Waals surface area contributed by atoms with Crippen molar-refractivity contribution in [2.24, 2.45) is 0 Å². The maximum atomic E-state index is 13.2. The van der Waals surface area contributed by atoms with Crippen LogP contribution in [0.2, 0.25) is 0 Å². The first-order chi connectivity index (χ1) is 15.2. The Hall–Kier alpha value is -3.09. The number of likely N-dealkylation sites (tertiary alicyclic amines) is 1. The number of oxazole rings is 1. The summed E-state index contributed by atoms with van der Waals surface area (Å²) in [4.78, 5) is 19.6. The van der Waals surface area contributed by atoms with Crippen molar-refractivity contribution in [1.82, 2.24) is 20.1 Å². The predicted octanol–water partition coefficient (Wildman–Crippen LogP) is 4.71. The van der Waals surface area contributed by atoms with Gasteiger partial charge < -0.3 is 14.1 Å². The number of para-hydroxylation sites is 1. The molecule has 4 rings (SSSR count). The molecule has 0 radical (unpaired) electrons. The van der Waals surface area contributed by atoms with Crippen molar-refractivity contribution in [1.29, 1.82) is 0 Å². The lowest BCUT2D eigenvalue weighted by molar-refractivity contribution is 0.0564. The van der Waals surface area contributed by atoms with Crippen LogP contribution in [0.15, 0.2) is 40.9 Å². The van der Waals surface area contributed by atoms with Gasteiger partial charge in [0.05, 0.1) is 13.3 Å². The molecule has 0 aliphatic carbocycles. The third-order valence-corrected chi connectivity index (χ3v) is 5.83. The van der Waals surface area contributed by atoms with Gasteiger partial charge in [-0.1, -0.05) is 31.5 Å². The minimum Gasteiger partial charge on any atom is -0.496 e. The van der Waals surface area contributed by atoms with Gasteiger partial charge in [-0.05, 0) is 44.2 Å². The molecule has 1 aliphatic heterocycles. The standard InChI is InChI=1S/C24H30N4O3/c1-3-4-10-18-15-20(27-26-18)24(29)28-13-8-7-11-21(28)23-25-16-19(31-23)14-17-9-5-6-12-22(17)30-2/h5-6,9,12,15-16,21H,3-4,7-8,10-11,13-14H2,1-2H3,(H,26,27)/t21-/m1/s1. The molecule has 3 heterocycles. The average Bonchev–Trinajstić information content (AvgIpc) is 3.47. The maximum Gasteiger partial charge on any atom is 0.275 e. The Kier molecular flexibility index (Phi) is 6.70. The number of carbonyl (C=O) groups is 1. The molecule has 0 saturated carbocycles. The molecule has 7 nitrogen and oxygen atoms in total. The maximum absolute atomic E-state index is 13.2. The number of rotatable bonds is 8. The first kappa shape index (κ1) is 21.2. The molecule has 1 fully saturated rings. The van der Waals surface area contributed by atoms with Crippen LogP contribution in [-0.4, -0.2) is 39.6 Å². The molecule has 0 unspecified atom stereocenters. The van der Waals surface area contributed by atoms with Crippen LogP contribution in [0.5, 0.6) is 5.75 Å². The minimum absolute atomic E-state index is 0.0619. The number of methoxy groups -OCH3 is 1. The lowest BCUT2D eigenvalue weighted by atomic mass is 10.0. The van der Waals surface area contributed by atoms with E-state index in [2.05, 4.69) is 22.1 Å². The van der Waals surface area contributed by atoms with Gasteiger partial charge in [-0.3, -0.25) is 9.89 Å². The van der Waals surface area contributed by atoms with E-state index >= 15 is 0 Å². The fraction of sp³-hybridized carbons (Fsp3) is 0.458. The second kappa shape index (κ2) is 9.81. The van der Waals surface area contributed by atoms with E-state index in [4.69, 9.17) is 9.15 Å². The zero-order chi connectivity index (χ0) is 21.6. The third kappa shape index (κ3) is 4.81. The molecule has 7 heteroatoms. The van der Waals surface area contributed by atoms with Crippen molar-refractivity contribution in [3.8, 4) is 5.75 Å². The Morgan fingerprint density at radius 1 is 1.32 bits per heavy atom. The van der Waals surface area contributed by atoms with Crippen LogP contribution < -0.4 is 4.74 Å². The Balaban J connectivity index is 1.50. The van der Waals surface area contributed by atoms with Crippen LogP contribution >= 0.6 is 0 Å². The van der Waals surface area contributed by atoms with Crippen LogP contribution in [0.25, 0.3) is 0 Å². The van der Waals surface area contributed by atoms with Crippen molar-refractivity contribution in [3.05, 3.63) is 65.1 Å². The van der Waals surface area contributed by atoms with E-state index in [1.54, 1.807) is 13.3 Å². The monoisotopic (exact) mass is 422 g/mol. The van der Waals surface area contributed by atoms with Crippen molar-refractivity contribution in [3.63, 3.8) is 0 Å². The summed E-state index contributed by atoms with van der Waals surface area (Å²) in [5.74, 6) is 2.12. The third-order valence-electron chi connectivity index (χ3n) is 5.83. The summed E-state index contributed by atoms with van der Waals surface area (Å²) in [5.41, 5.74) is 2.52. The number of aryl methyl sites for hydroxylation is 1. The highest BCUT2D eigenvalue weighted by Crippen LogP contribution is 2.32. The van der Waals surface area contributed by atoms with E-state index in [1.165, 1.54) is 0 Å². The summed E-state index contributed by atoms with van der Waals surface area (Å²) < 4.78 is 11.6. The van der Waals surface area contributed by atoms with Gasteiger partial charge in [-0.15, -0.1) is 0 Å². The topological polar surface area (TPSA) is 84.2 Å². The Morgan fingerprint density at radius 3 is 3.03 bits per heavy atom. The second-order valence-corrected chi connectivity index (χ2v) is 8.05. The molecular weight excluding hydrogens is 392 g/mol. The number of nitrogens with one attached hydrogen (secondary N) is 1. The minimum atomic E-state index is -0.163. The van der Waals surface area contributed by atoms with Gasteiger partial charge in [0.2, 0.25) is 5.89 Å². The van der Waals surface area contributed by atoms with Crippen LogP contribution in [0, 0.1) is 0 Å². The second-order valence-electron chi connectivity index (χ2n) is 8.05. The zero-order valence-electron chi connectivity index (χ0n) is 18.3. The van der Waals surface area contributed by atoms with Gasteiger partial charge in [-0.25, -0.2) is 4.98 Å². The molecule has 1 atom stereocenters. The van der Waals surface area contributed by atoms with Gasteiger partial charge in [0, 0.05) is 24.2 Å². The number of piperidine rings is 1. The van der Waals surface area contributed by atoms with Crippen molar-refractivity contribution < 1.29 is 13.9 Å². The highest BCUT2D eigenvalue weighted by molar-refractivity contribution is 5.92. The average molecular weight is 423 g/mol. The number of ether oxygens (including phenoxy) is 1. The Bertz CT molecular complexity index is 1010. The van der Waals surface area contributed by atoms with Gasteiger partial charge >= 0.3 is 0 Å². The molecule has 3 aromatic rings. The van der Waals surface area contributed by atoms with E-state index in [1.807, 2.05) is 35.2 Å². The van der Waals surface area contributed by atoms with Gasteiger partial charge in [0.15, 0.2) is 0 Å². The van der Waals surface area contributed by atoms with E-state index in [0.29, 0.717) is 24.6 Å². The summed E-state index contributed by atoms with van der Waals surface area (Å²) in [6.07, 6.45) is 8.31. The summed E-state index contributed by atoms with van der Waals surface area (Å²) in [6.45, 7) is 2.84. The Labute approximate surface area is 182 Å². The number of benzene rings is 1. The molecule has 1 amide bonds. The number of hydrogen-bond acceptors (Lipinski definition) is 5. The van der Waals surface area contributed by atoms with E-state index < -0.39 is 0 Å². The molecule has 1 aromatic carbocycles. The van der Waals surface area contributed by atoms with Crippen LogP contribution in [0.4, 0.5) is 0 Å². The quantitative estimate of drug-likeness (QED) is 0.568. The summed E-state index contributed by atoms with van der Waals surface area (Å²) in [6, 6.07) is 9.60. The van der Waals surface area contributed by atoms with E-state index in [0.717, 1.165) is 61.3 Å². The lowest BCUT2D eigenvalue weighted by Crippen LogP contribution is -2.38. The highest BCUT2D eigenvalue weighted by atomic mass is 16.5. The molecule has 1 saturated heterocycles. The SMILES string of the molecule is CCCCc1cc(C(=O)N2CCCC[C@@H]2c2ncc(Cc3ccccc3OC)o2)n[nH]1. The number of carbonyl (C=O) groups excluding carboxylic acids is 1. The number of amides is 1. The van der Waals surface area contributed by atoms with Crippen molar-refractivity contribution in [2.75, 3.05) is 13.7 Å². The van der Waals surface area contributed by atoms with Crippen LogP contribution in [0.1, 0.15) is 78.5 Å². The first-order valence-corrected chi connectivity index (χ1v) is 11.1. The summed E-state index contributed by atoms with van der Waals surface area (Å²) in [5, 5.41) is 7.28. The normalized spacial score (nSPS) is 16.5. The van der Waals surface area contributed by atoms with Crippen LogP contribution in [0.3, 0.4) is 0 Å². The molecule has 1 aliphatic rings. The van der Waals surface area contributed by atoms with Gasteiger partial charge in [0.1, 0.15) is 23.2 Å². The Morgan fingerprint density at radius 2 is 2.19 bits per heavy atom. The highest BCUT2D eigenvalue weighted by Gasteiger charge is 2.33. The fourth-order valence-electron chi connectivity index (χ4n) is 4.14. The van der Waals surface area contributed by atoms with Gasteiger partial charge in [0.25, 0.3) is 5.91 Å². The van der Waals surface area contributed by atoms with E-state index in [9.17, 15) is 4.79 Å². The molecule has 164 valence electrons. The molecule has 2 aromatic heterocycles. The molecular formula is C24H30N4O3. The largest absolute Gasteiger partial charge is 0.496 e. The first-order valence-electron chi connectivity index (χ1n) is 11.1. The number of unbranched alkanes of at least 4 members (excludes halogenated alkanes) is 1. The molecule has 31 heavy (non-hydrogen) atoms. The van der Waals surface area contributed by atoms with E-state index in [-0.39, 0.29) is 11.9 Å². The summed E-state index contributed by atoms with van der Waals surface area (Å²) in [7, 11) is 1.67.